The van der Waals surface area contributed by atoms with Crippen LogP contribution in [0.15, 0.2) is 0 Å². The summed E-state index contributed by atoms with van der Waals surface area (Å²) in [7, 11) is -1.60. The summed E-state index contributed by atoms with van der Waals surface area (Å²) in [4.78, 5) is 0. The van der Waals surface area contributed by atoms with E-state index in [1.54, 1.807) is 11.4 Å². The van der Waals surface area contributed by atoms with Crippen LogP contribution in [0, 0.1) is 5.41 Å². The average Bonchev–Trinajstić information content (AvgIpc) is 2.33. The third kappa shape index (κ3) is 5.02. The van der Waals surface area contributed by atoms with Crippen molar-refractivity contribution in [3.05, 3.63) is 0 Å². The number of nitrogens with zero attached hydrogens (tertiary/aromatic N) is 2. The Labute approximate surface area is 118 Å². The van der Waals surface area contributed by atoms with E-state index in [0.717, 1.165) is 32.4 Å². The first-order valence-corrected chi connectivity index (χ1v) is 8.61. The second-order valence-corrected chi connectivity index (χ2v) is 8.17. The zero-order chi connectivity index (χ0) is 14.5. The maximum atomic E-state index is 12.5. The van der Waals surface area contributed by atoms with Gasteiger partial charge in [-0.25, -0.2) is 0 Å². The first-order valence-electron chi connectivity index (χ1n) is 7.22. The van der Waals surface area contributed by atoms with Gasteiger partial charge in [-0.05, 0) is 37.8 Å². The first-order chi connectivity index (χ1) is 8.79. The van der Waals surface area contributed by atoms with Crippen LogP contribution < -0.4 is 5.32 Å². The van der Waals surface area contributed by atoms with Crippen LogP contribution in [0.25, 0.3) is 0 Å². The lowest BCUT2D eigenvalue weighted by Crippen LogP contribution is -2.49. The molecule has 1 heterocycles. The van der Waals surface area contributed by atoms with E-state index >= 15 is 0 Å². The Bertz CT molecular complexity index is 368. The lowest BCUT2D eigenvalue weighted by molar-refractivity contribution is 0.179. The molecule has 19 heavy (non-hydrogen) atoms. The molecule has 6 heteroatoms. The lowest BCUT2D eigenvalue weighted by atomic mass is 9.85. The highest BCUT2D eigenvalue weighted by Crippen LogP contribution is 2.30. The Morgan fingerprint density at radius 1 is 1.37 bits per heavy atom. The number of nitrogens with one attached hydrogen (secondary N) is 1. The van der Waals surface area contributed by atoms with E-state index in [1.807, 2.05) is 0 Å². The van der Waals surface area contributed by atoms with Gasteiger partial charge in [0.15, 0.2) is 0 Å². The quantitative estimate of drug-likeness (QED) is 0.719. The minimum absolute atomic E-state index is 0.0932. The maximum Gasteiger partial charge on any atom is 0.281 e. The molecule has 5 nitrogen and oxygen atoms in total. The zero-order valence-electron chi connectivity index (χ0n) is 12.8. The van der Waals surface area contributed by atoms with Crippen molar-refractivity contribution in [2.24, 2.45) is 5.41 Å². The van der Waals surface area contributed by atoms with Crippen LogP contribution in [0.4, 0.5) is 0 Å². The molecule has 0 aromatic heterocycles. The fourth-order valence-corrected chi connectivity index (χ4v) is 4.11. The molecule has 0 amide bonds. The maximum absolute atomic E-state index is 12.5. The van der Waals surface area contributed by atoms with Crippen LogP contribution in [-0.2, 0) is 10.2 Å². The highest BCUT2D eigenvalue weighted by atomic mass is 32.2. The van der Waals surface area contributed by atoms with Crippen LogP contribution >= 0.6 is 0 Å². The molecule has 1 rings (SSSR count). The smallest absolute Gasteiger partial charge is 0.281 e. The number of piperidine rings is 1. The molecule has 0 atom stereocenters. The van der Waals surface area contributed by atoms with Crippen LogP contribution in [0.3, 0.4) is 0 Å². The minimum Gasteiger partial charge on any atom is -0.317 e. The highest BCUT2D eigenvalue weighted by Gasteiger charge is 2.35. The molecule has 0 unspecified atom stereocenters. The molecule has 1 aliphatic heterocycles. The number of hydrogen-bond donors (Lipinski definition) is 1. The molecule has 0 bridgehead atoms. The van der Waals surface area contributed by atoms with Crippen LogP contribution in [-0.4, -0.2) is 56.8 Å². The average molecular weight is 291 g/mol. The molecule has 1 fully saturated rings. The molecule has 1 aliphatic rings. The Morgan fingerprint density at radius 2 is 2.05 bits per heavy atom. The van der Waals surface area contributed by atoms with Crippen molar-refractivity contribution in [2.45, 2.75) is 40.0 Å². The SMILES string of the molecule is CCNCCCN(C)S(=O)(=O)N1CCCC(C)(C)C1. The summed E-state index contributed by atoms with van der Waals surface area (Å²) >= 11 is 0. The van der Waals surface area contributed by atoms with Gasteiger partial charge in [-0.3, -0.25) is 0 Å². The molecule has 0 aromatic carbocycles. The van der Waals surface area contributed by atoms with Gasteiger partial charge in [0.1, 0.15) is 0 Å². The second kappa shape index (κ2) is 7.02. The standard InChI is InChI=1S/C13H29N3O2S/c1-5-14-9-7-10-15(4)19(17,18)16-11-6-8-13(2,3)12-16/h14H,5-12H2,1-4H3. The third-order valence-electron chi connectivity index (χ3n) is 3.66. The molecule has 0 spiro atoms. The predicted molar refractivity (Wildman–Crippen MR) is 79.3 cm³/mol. The van der Waals surface area contributed by atoms with Gasteiger partial charge in [0.25, 0.3) is 10.2 Å². The largest absolute Gasteiger partial charge is 0.317 e. The van der Waals surface area contributed by atoms with Crippen LogP contribution in [0.2, 0.25) is 0 Å². The molecule has 1 saturated heterocycles. The lowest BCUT2D eigenvalue weighted by Gasteiger charge is -2.38. The molecule has 0 radical (unpaired) electrons. The van der Waals surface area contributed by atoms with Crippen LogP contribution in [0.5, 0.6) is 0 Å². The van der Waals surface area contributed by atoms with E-state index in [4.69, 9.17) is 0 Å². The molecule has 0 saturated carbocycles. The third-order valence-corrected chi connectivity index (χ3v) is 5.60. The Kier molecular flexibility index (Phi) is 6.23. The van der Waals surface area contributed by atoms with Crippen molar-refractivity contribution in [1.29, 1.82) is 0 Å². The summed E-state index contributed by atoms with van der Waals surface area (Å²) in [6.45, 7) is 9.98. The normalized spacial score (nSPS) is 20.9. The monoisotopic (exact) mass is 291 g/mol. The summed E-state index contributed by atoms with van der Waals surface area (Å²) in [5.74, 6) is 0. The minimum atomic E-state index is -3.28. The molecule has 0 aromatic rings. The number of hydrogen-bond acceptors (Lipinski definition) is 3. The Balaban J connectivity index is 2.54. The highest BCUT2D eigenvalue weighted by molar-refractivity contribution is 7.86. The van der Waals surface area contributed by atoms with Gasteiger partial charge in [-0.1, -0.05) is 20.8 Å². The van der Waals surface area contributed by atoms with Crippen molar-refractivity contribution < 1.29 is 8.42 Å². The summed E-state index contributed by atoms with van der Waals surface area (Å²) in [5.41, 5.74) is 0.0932. The summed E-state index contributed by atoms with van der Waals surface area (Å²) in [5, 5.41) is 3.21. The summed E-state index contributed by atoms with van der Waals surface area (Å²) in [6.07, 6.45) is 2.90. The van der Waals surface area contributed by atoms with Gasteiger partial charge in [0.05, 0.1) is 0 Å². The Hall–Kier alpha value is -0.170. The fraction of sp³-hybridized carbons (Fsp3) is 1.00. The van der Waals surface area contributed by atoms with Gasteiger partial charge in [-0.2, -0.15) is 17.0 Å². The number of rotatable bonds is 7. The molecule has 114 valence electrons. The van der Waals surface area contributed by atoms with E-state index < -0.39 is 10.2 Å². The second-order valence-electron chi connectivity index (χ2n) is 6.14. The first kappa shape index (κ1) is 16.9. The van der Waals surface area contributed by atoms with E-state index in [0.29, 0.717) is 19.6 Å². The molecular weight excluding hydrogens is 262 g/mol. The van der Waals surface area contributed by atoms with Crippen molar-refractivity contribution in [2.75, 3.05) is 39.8 Å². The van der Waals surface area contributed by atoms with Crippen molar-refractivity contribution in [1.82, 2.24) is 13.9 Å². The molecular formula is C13H29N3O2S. The van der Waals surface area contributed by atoms with Gasteiger partial charge < -0.3 is 5.32 Å². The Morgan fingerprint density at radius 3 is 2.63 bits per heavy atom. The van der Waals surface area contributed by atoms with E-state index in [9.17, 15) is 8.42 Å². The summed E-state index contributed by atoms with van der Waals surface area (Å²) < 4.78 is 28.1. The van der Waals surface area contributed by atoms with Crippen molar-refractivity contribution in [3.8, 4) is 0 Å². The van der Waals surface area contributed by atoms with Crippen molar-refractivity contribution >= 4 is 10.2 Å². The van der Waals surface area contributed by atoms with E-state index in [2.05, 4.69) is 26.1 Å². The topological polar surface area (TPSA) is 52.7 Å². The predicted octanol–water partition coefficient (Wildman–Crippen LogP) is 1.28. The summed E-state index contributed by atoms with van der Waals surface area (Å²) in [6, 6.07) is 0. The van der Waals surface area contributed by atoms with Crippen molar-refractivity contribution in [3.63, 3.8) is 0 Å². The van der Waals surface area contributed by atoms with Gasteiger partial charge >= 0.3 is 0 Å². The molecule has 0 aliphatic carbocycles. The van der Waals surface area contributed by atoms with Gasteiger partial charge in [-0.15, -0.1) is 0 Å². The molecule has 1 N–H and O–H groups in total. The van der Waals surface area contributed by atoms with E-state index in [1.165, 1.54) is 4.31 Å². The van der Waals surface area contributed by atoms with Gasteiger partial charge in [0.2, 0.25) is 0 Å². The van der Waals surface area contributed by atoms with Crippen LogP contribution in [0.1, 0.15) is 40.0 Å². The van der Waals surface area contributed by atoms with E-state index in [-0.39, 0.29) is 5.41 Å². The zero-order valence-corrected chi connectivity index (χ0v) is 13.6. The van der Waals surface area contributed by atoms with Gasteiger partial charge in [0, 0.05) is 26.7 Å². The fourth-order valence-electron chi connectivity index (χ4n) is 2.48.